The zero-order valence-corrected chi connectivity index (χ0v) is 42.4. The minimum atomic E-state index is -1.30. The molecule has 0 atom stereocenters. The Bertz CT molecular complexity index is 3540. The van der Waals surface area contributed by atoms with Gasteiger partial charge in [0.15, 0.2) is 5.75 Å². The molecule has 0 fully saturated rings. The first-order chi connectivity index (χ1) is 39.0. The molecule has 84 heavy (non-hydrogen) atoms. The predicted molar refractivity (Wildman–Crippen MR) is 295 cm³/mol. The molecule has 7 rings (SSSR count). The van der Waals surface area contributed by atoms with E-state index in [4.69, 9.17) is 96.3 Å². The molecule has 0 amide bonds. The van der Waals surface area contributed by atoms with Crippen LogP contribution in [0.2, 0.25) is 0 Å². The topological polar surface area (TPSA) is 645 Å². The van der Waals surface area contributed by atoms with Gasteiger partial charge in [0.05, 0.1) is 60.2 Å². The number of nitrogens with two attached hydrogens (primary N) is 7. The molecule has 33 nitrogen and oxygen atoms in total. The normalized spacial score (nSPS) is 9.48. The molecule has 0 spiro atoms. The molecule has 0 heterocycles. The minimum Gasteiger partial charge on any atom is -0.507 e. The van der Waals surface area contributed by atoms with E-state index in [1.54, 1.807) is 12.1 Å². The highest BCUT2D eigenvalue weighted by Gasteiger charge is 2.17. The molecular weight excluding hydrogens is 1120 g/mol. The fraction of sp³-hybridized carbons (Fsp3) is 0. The van der Waals surface area contributed by atoms with Crippen LogP contribution in [0.5, 0.6) is 11.5 Å². The van der Waals surface area contributed by atoms with Gasteiger partial charge in [-0.1, -0.05) is 18.2 Å². The molecule has 0 saturated carbocycles. The van der Waals surface area contributed by atoms with Crippen molar-refractivity contribution < 1.29 is 109 Å². The van der Waals surface area contributed by atoms with Crippen LogP contribution < -0.4 is 40.1 Å². The van der Waals surface area contributed by atoms with Crippen LogP contribution in [0.1, 0.15) is 93.2 Å². The van der Waals surface area contributed by atoms with Gasteiger partial charge in [-0.05, 0) is 91.0 Å². The van der Waals surface area contributed by atoms with Crippen LogP contribution in [0.25, 0.3) is 0 Å². The summed E-state index contributed by atoms with van der Waals surface area (Å²) in [5.41, 5.74) is 36.0. The first kappa shape index (κ1) is 68.8. The molecule has 0 aliphatic rings. The van der Waals surface area contributed by atoms with Crippen molar-refractivity contribution in [2.75, 3.05) is 40.1 Å². The second-order valence-electron chi connectivity index (χ2n) is 15.6. The third kappa shape index (κ3) is 22.0. The molecule has 0 aromatic heterocycles. The van der Waals surface area contributed by atoms with E-state index in [2.05, 4.69) is 0 Å². The molecular formula is C51H47N9O24. The van der Waals surface area contributed by atoms with Crippen molar-refractivity contribution in [2.24, 2.45) is 0 Å². The number of anilines is 7. The molecule has 0 saturated heterocycles. The largest absolute Gasteiger partial charge is 0.507 e. The third-order valence-corrected chi connectivity index (χ3v) is 9.63. The highest BCUT2D eigenvalue weighted by molar-refractivity contribution is 6.02. The Labute approximate surface area is 468 Å². The van der Waals surface area contributed by atoms with Crippen molar-refractivity contribution in [1.29, 1.82) is 0 Å². The Morgan fingerprint density at radius 2 is 0.750 bits per heavy atom. The number of hydrogen-bond acceptors (Lipinski definition) is 22. The van der Waals surface area contributed by atoms with Crippen molar-refractivity contribution >= 4 is 105 Å². The minimum absolute atomic E-state index is 0.0255. The average Bonchev–Trinajstić information content (AvgIpc) is 3.39. The quantitative estimate of drug-likeness (QED) is 0.0334. The number of non-ortho nitro benzene ring substituents is 2. The third-order valence-electron chi connectivity index (χ3n) is 9.63. The lowest BCUT2D eigenvalue weighted by Crippen LogP contribution is -2.08. The highest BCUT2D eigenvalue weighted by Crippen LogP contribution is 2.25. The van der Waals surface area contributed by atoms with Gasteiger partial charge < -0.3 is 96.3 Å². The second-order valence-corrected chi connectivity index (χ2v) is 15.6. The van der Waals surface area contributed by atoms with E-state index in [0.717, 1.165) is 48.5 Å². The first-order valence-corrected chi connectivity index (χ1v) is 22.0. The fourth-order valence-electron chi connectivity index (χ4n) is 5.73. The highest BCUT2D eigenvalue weighted by atomic mass is 16.6. The number of hydrogen-bond donors (Lipinski definition) is 18. The molecule has 7 aromatic rings. The summed E-state index contributed by atoms with van der Waals surface area (Å²) < 4.78 is 0. The number of nitro benzene ring substituents is 2. The maximum Gasteiger partial charge on any atom is 0.341 e. The Morgan fingerprint density at radius 3 is 1.15 bits per heavy atom. The van der Waals surface area contributed by atoms with Gasteiger partial charge in [-0.25, -0.2) is 43.2 Å². The van der Waals surface area contributed by atoms with Crippen LogP contribution >= 0.6 is 0 Å². The molecule has 0 aliphatic heterocycles. The van der Waals surface area contributed by atoms with Gasteiger partial charge in [0.1, 0.15) is 16.9 Å². The van der Waals surface area contributed by atoms with Crippen LogP contribution in [-0.2, 0) is 0 Å². The Morgan fingerprint density at radius 1 is 0.321 bits per heavy atom. The molecule has 0 bridgehead atoms. The van der Waals surface area contributed by atoms with Gasteiger partial charge in [-0.3, -0.25) is 20.2 Å². The number of nitro groups is 2. The molecule has 7 aromatic carbocycles. The van der Waals surface area contributed by atoms with Crippen molar-refractivity contribution in [3.63, 3.8) is 0 Å². The first-order valence-electron chi connectivity index (χ1n) is 22.0. The molecule has 25 N–H and O–H groups in total. The number of carbonyl (C=O) groups is 9. The van der Waals surface area contributed by atoms with Crippen LogP contribution in [0, 0.1) is 20.2 Å². The Balaban J connectivity index is 0.000000491. The summed E-state index contributed by atoms with van der Waals surface area (Å²) in [5.74, 6) is -11.4. The van der Waals surface area contributed by atoms with Crippen molar-refractivity contribution in [1.82, 2.24) is 0 Å². The summed E-state index contributed by atoms with van der Waals surface area (Å²) in [7, 11) is 0. The number of aromatic carboxylic acids is 9. The van der Waals surface area contributed by atoms with Gasteiger partial charge in [0.2, 0.25) is 0 Å². The Kier molecular flexibility index (Phi) is 26.1. The van der Waals surface area contributed by atoms with E-state index in [0.29, 0.717) is 5.69 Å². The van der Waals surface area contributed by atoms with E-state index >= 15 is 0 Å². The smallest absolute Gasteiger partial charge is 0.341 e. The number of phenols is 2. The molecule has 33 heteroatoms. The predicted octanol–water partition coefficient (Wildman–Crippen LogP) is 5.39. The lowest BCUT2D eigenvalue weighted by molar-refractivity contribution is -0.385. The number of para-hydroxylation sites is 1. The maximum absolute atomic E-state index is 10.6. The number of nitrogens with zero attached hydrogens (tertiary/aromatic N) is 2. The number of rotatable bonds is 11. The summed E-state index contributed by atoms with van der Waals surface area (Å²) >= 11 is 0. The van der Waals surface area contributed by atoms with Crippen molar-refractivity contribution in [3.8, 4) is 11.5 Å². The van der Waals surface area contributed by atoms with Crippen molar-refractivity contribution in [2.45, 2.75) is 0 Å². The molecule has 0 radical (unpaired) electrons. The van der Waals surface area contributed by atoms with Gasteiger partial charge in [-0.15, -0.1) is 0 Å². The lowest BCUT2D eigenvalue weighted by atomic mass is 10.1. The van der Waals surface area contributed by atoms with E-state index in [1.165, 1.54) is 72.8 Å². The Hall–Kier alpha value is -13.2. The number of carboxylic acids is 9. The van der Waals surface area contributed by atoms with Gasteiger partial charge in [-0.2, -0.15) is 0 Å². The monoisotopic (exact) mass is 1170 g/mol. The van der Waals surface area contributed by atoms with Crippen molar-refractivity contribution in [3.05, 3.63) is 204 Å². The standard InChI is InChI=1S/2C8H7NO4.2C7H6N2O4.2C7H7NO3.C7H7NO2/c9-4-1-2-5(7(10)11)6(3-4)8(12)13;9-6-3-4(7(10)11)1-2-5(6)8(12)13;8-5-1-4(7(10)11)2-6(3-5)9(12)13;8-6-3-4(9(12)13)1-2-5(6)7(10)11;8-4-2-1-3-5(9)6(4)7(10)11;8-5-3-1-2-4(6(5)9)7(10)11;8-6-3-1-2-5(4-6)7(9)10/h2*1-3H,9H2,(H,10,11)(H,12,13);2*1-3H,8H2,(H,10,11);2*1-3,9H,8H2,(H,10,11);1-4H,8H2,(H,9,10). The molecule has 440 valence electrons. The van der Waals surface area contributed by atoms with Gasteiger partial charge in [0, 0.05) is 52.7 Å². The van der Waals surface area contributed by atoms with E-state index in [9.17, 15) is 63.4 Å². The van der Waals surface area contributed by atoms with Crippen LogP contribution in [0.15, 0.2) is 133 Å². The number of nitrogen functional groups attached to an aromatic ring is 7. The van der Waals surface area contributed by atoms with Gasteiger partial charge >= 0.3 is 53.7 Å². The van der Waals surface area contributed by atoms with Gasteiger partial charge in [0.25, 0.3) is 11.4 Å². The number of carboxylic acid groups (broad SMARTS) is 9. The zero-order valence-electron chi connectivity index (χ0n) is 42.4. The summed E-state index contributed by atoms with van der Waals surface area (Å²) in [6.07, 6.45) is 0. The SMILES string of the molecule is Nc1cc(C(=O)O)cc([N+](=O)[O-])c1.Nc1cc(C(=O)O)ccc1C(=O)O.Nc1cc([N+](=O)[O-])ccc1C(=O)O.Nc1ccc(C(=O)O)c(C(=O)O)c1.Nc1cccc(C(=O)O)c1.Nc1cccc(C(=O)O)c1O.Nc1cccc(O)c1C(=O)O. The van der Waals surface area contributed by atoms with Crippen LogP contribution in [0.3, 0.4) is 0 Å². The molecule has 0 aliphatic carbocycles. The average molecular weight is 1170 g/mol. The fourth-order valence-corrected chi connectivity index (χ4v) is 5.73. The maximum atomic E-state index is 10.6. The second kappa shape index (κ2) is 31.9. The number of aromatic hydroxyl groups is 2. The summed E-state index contributed by atoms with van der Waals surface area (Å²) in [6, 6.07) is 28.1. The lowest BCUT2D eigenvalue weighted by Gasteiger charge is -2.01. The van der Waals surface area contributed by atoms with E-state index < -0.39 is 63.6 Å². The van der Waals surface area contributed by atoms with E-state index in [1.807, 2.05) is 0 Å². The molecule has 0 unspecified atom stereocenters. The summed E-state index contributed by atoms with van der Waals surface area (Å²) in [5, 5.41) is 115. The van der Waals surface area contributed by atoms with E-state index in [-0.39, 0.29) is 107 Å². The summed E-state index contributed by atoms with van der Waals surface area (Å²) in [6.45, 7) is 0. The van der Waals surface area contributed by atoms with Crippen LogP contribution in [-0.4, -0.2) is 120 Å². The summed E-state index contributed by atoms with van der Waals surface area (Å²) in [4.78, 5) is 113. The van der Waals surface area contributed by atoms with Crippen LogP contribution in [0.4, 0.5) is 51.2 Å². The zero-order chi connectivity index (χ0) is 64.5. The number of benzene rings is 7.